The van der Waals surface area contributed by atoms with Gasteiger partial charge < -0.3 is 14.8 Å². The number of ether oxygens (including phenoxy) is 2. The number of benzene rings is 2. The third-order valence-electron chi connectivity index (χ3n) is 3.26. The Labute approximate surface area is 140 Å². The van der Waals surface area contributed by atoms with Gasteiger partial charge in [-0.2, -0.15) is 0 Å². The van der Waals surface area contributed by atoms with E-state index in [9.17, 15) is 0 Å². The van der Waals surface area contributed by atoms with Crippen LogP contribution in [-0.4, -0.2) is 13.2 Å². The zero-order valence-corrected chi connectivity index (χ0v) is 14.5. The summed E-state index contributed by atoms with van der Waals surface area (Å²) in [6.45, 7) is 2.79. The lowest BCUT2D eigenvalue weighted by Gasteiger charge is -2.20. The van der Waals surface area contributed by atoms with Crippen molar-refractivity contribution in [3.63, 3.8) is 0 Å². The van der Waals surface area contributed by atoms with E-state index >= 15 is 0 Å². The van der Waals surface area contributed by atoms with Crippen LogP contribution < -0.4 is 14.8 Å². The van der Waals surface area contributed by atoms with E-state index in [0.717, 1.165) is 39.1 Å². The number of halogens is 2. The minimum atomic E-state index is 0.602. The van der Waals surface area contributed by atoms with Crippen LogP contribution in [0.1, 0.15) is 11.1 Å². The van der Waals surface area contributed by atoms with Crippen molar-refractivity contribution in [2.75, 3.05) is 13.2 Å². The molecule has 2 aromatic rings. The second-order valence-corrected chi connectivity index (χ2v) is 6.51. The molecule has 3 nitrogen and oxygen atoms in total. The molecule has 110 valence electrons. The summed E-state index contributed by atoms with van der Waals surface area (Å²) in [4.78, 5) is 0. The molecule has 0 unspecified atom stereocenters. The van der Waals surface area contributed by atoms with Crippen LogP contribution in [0.4, 0.5) is 0 Å². The van der Waals surface area contributed by atoms with Crippen LogP contribution in [0.5, 0.6) is 11.5 Å². The molecule has 1 aliphatic rings. The van der Waals surface area contributed by atoms with E-state index in [0.29, 0.717) is 13.2 Å². The number of fused-ring (bicyclic) bond motifs is 1. The lowest BCUT2D eigenvalue weighted by molar-refractivity contribution is 0.170. The minimum Gasteiger partial charge on any atom is -0.486 e. The summed E-state index contributed by atoms with van der Waals surface area (Å²) in [7, 11) is 0. The molecule has 1 N–H and O–H groups in total. The van der Waals surface area contributed by atoms with Gasteiger partial charge in [0.2, 0.25) is 0 Å². The molecule has 0 atom stereocenters. The first-order valence-electron chi connectivity index (χ1n) is 6.76. The van der Waals surface area contributed by atoms with Crippen molar-refractivity contribution in [1.29, 1.82) is 0 Å². The quantitative estimate of drug-likeness (QED) is 0.813. The number of hydrogen-bond donors (Lipinski definition) is 1. The summed E-state index contributed by atoms with van der Waals surface area (Å²) in [5.74, 6) is 1.61. The van der Waals surface area contributed by atoms with E-state index in [4.69, 9.17) is 9.47 Å². The number of rotatable bonds is 4. The predicted octanol–water partition coefficient (Wildman–Crippen LogP) is 4.27. The molecule has 3 rings (SSSR count). The Morgan fingerprint density at radius 2 is 1.76 bits per heavy atom. The zero-order chi connectivity index (χ0) is 14.7. The topological polar surface area (TPSA) is 30.5 Å². The Bertz CT molecular complexity index is 646. The van der Waals surface area contributed by atoms with Gasteiger partial charge in [-0.3, -0.25) is 0 Å². The summed E-state index contributed by atoms with van der Waals surface area (Å²) >= 11 is 7.10. The summed E-state index contributed by atoms with van der Waals surface area (Å²) in [6, 6.07) is 12.3. The molecule has 1 aliphatic heterocycles. The number of hydrogen-bond acceptors (Lipinski definition) is 3. The monoisotopic (exact) mass is 411 g/mol. The second-order valence-electron chi connectivity index (χ2n) is 4.80. The maximum Gasteiger partial charge on any atom is 0.175 e. The Morgan fingerprint density at radius 1 is 0.952 bits per heavy atom. The van der Waals surface area contributed by atoms with Gasteiger partial charge in [0.05, 0.1) is 4.47 Å². The van der Waals surface area contributed by atoms with Crippen molar-refractivity contribution in [3.05, 3.63) is 56.5 Å². The molecule has 0 fully saturated rings. The van der Waals surface area contributed by atoms with Gasteiger partial charge in [-0.15, -0.1) is 0 Å². The summed E-state index contributed by atoms with van der Waals surface area (Å²) in [5, 5.41) is 3.45. The Morgan fingerprint density at radius 3 is 2.62 bits per heavy atom. The van der Waals surface area contributed by atoms with Crippen LogP contribution in [0.15, 0.2) is 45.3 Å². The standard InChI is InChI=1S/C16H15Br2NO2/c17-13-4-2-1-3-12(13)10-19-9-11-7-14(18)16-15(8-11)20-5-6-21-16/h1-4,7-8,19H,5-6,9-10H2. The minimum absolute atomic E-state index is 0.602. The molecule has 1 heterocycles. The molecule has 5 heteroatoms. The van der Waals surface area contributed by atoms with Crippen LogP contribution >= 0.6 is 31.9 Å². The Kier molecular flexibility index (Phi) is 4.83. The lowest BCUT2D eigenvalue weighted by atomic mass is 10.1. The highest BCUT2D eigenvalue weighted by Gasteiger charge is 2.16. The molecule has 0 saturated heterocycles. The third kappa shape index (κ3) is 3.59. The third-order valence-corrected chi connectivity index (χ3v) is 4.62. The molecule has 0 radical (unpaired) electrons. The zero-order valence-electron chi connectivity index (χ0n) is 11.4. The van der Waals surface area contributed by atoms with Gasteiger partial charge in [-0.05, 0) is 45.3 Å². The fourth-order valence-electron chi connectivity index (χ4n) is 2.25. The molecule has 0 saturated carbocycles. The molecule has 0 aromatic heterocycles. The average molecular weight is 413 g/mol. The molecular formula is C16H15Br2NO2. The predicted molar refractivity (Wildman–Crippen MR) is 89.8 cm³/mol. The summed E-state index contributed by atoms with van der Waals surface area (Å²) in [5.41, 5.74) is 2.41. The second kappa shape index (κ2) is 6.81. The molecular weight excluding hydrogens is 398 g/mol. The molecule has 21 heavy (non-hydrogen) atoms. The normalized spacial score (nSPS) is 13.2. The lowest BCUT2D eigenvalue weighted by Crippen LogP contribution is -2.17. The number of nitrogens with one attached hydrogen (secondary N) is 1. The highest BCUT2D eigenvalue weighted by molar-refractivity contribution is 9.10. The van der Waals surface area contributed by atoms with Gasteiger partial charge in [-0.1, -0.05) is 34.1 Å². The maximum atomic E-state index is 5.64. The molecule has 0 amide bonds. The van der Waals surface area contributed by atoms with E-state index in [1.54, 1.807) is 0 Å². The Balaban J connectivity index is 1.66. The van der Waals surface area contributed by atoms with Gasteiger partial charge in [0.25, 0.3) is 0 Å². The van der Waals surface area contributed by atoms with Crippen molar-refractivity contribution in [2.45, 2.75) is 13.1 Å². The molecule has 2 aromatic carbocycles. The van der Waals surface area contributed by atoms with E-state index < -0.39 is 0 Å². The van der Waals surface area contributed by atoms with Crippen molar-refractivity contribution in [2.24, 2.45) is 0 Å². The van der Waals surface area contributed by atoms with Gasteiger partial charge in [0, 0.05) is 17.6 Å². The molecule has 0 spiro atoms. The SMILES string of the molecule is Brc1ccccc1CNCc1cc(Br)c2c(c1)OCCO2. The first-order valence-corrected chi connectivity index (χ1v) is 8.35. The largest absolute Gasteiger partial charge is 0.486 e. The fourth-order valence-corrected chi connectivity index (χ4v) is 3.28. The van der Waals surface area contributed by atoms with Crippen molar-refractivity contribution >= 4 is 31.9 Å². The molecule has 0 aliphatic carbocycles. The Hall–Kier alpha value is -1.04. The molecule has 0 bridgehead atoms. The fraction of sp³-hybridized carbons (Fsp3) is 0.250. The van der Waals surface area contributed by atoms with E-state index in [-0.39, 0.29) is 0 Å². The van der Waals surface area contributed by atoms with Crippen molar-refractivity contribution in [3.8, 4) is 11.5 Å². The summed E-state index contributed by atoms with van der Waals surface area (Å²) < 4.78 is 13.3. The van der Waals surface area contributed by atoms with E-state index in [1.165, 1.54) is 5.56 Å². The van der Waals surface area contributed by atoms with Crippen LogP contribution in [0.25, 0.3) is 0 Å². The van der Waals surface area contributed by atoms with Gasteiger partial charge in [0.15, 0.2) is 11.5 Å². The van der Waals surface area contributed by atoms with Crippen LogP contribution in [0.3, 0.4) is 0 Å². The van der Waals surface area contributed by atoms with E-state index in [1.807, 2.05) is 18.2 Å². The summed E-state index contributed by atoms with van der Waals surface area (Å²) in [6.07, 6.45) is 0. The highest BCUT2D eigenvalue weighted by Crippen LogP contribution is 2.38. The van der Waals surface area contributed by atoms with Crippen LogP contribution in [0.2, 0.25) is 0 Å². The first-order chi connectivity index (χ1) is 10.2. The van der Waals surface area contributed by atoms with Gasteiger partial charge in [0.1, 0.15) is 13.2 Å². The smallest absolute Gasteiger partial charge is 0.175 e. The van der Waals surface area contributed by atoms with Gasteiger partial charge >= 0.3 is 0 Å². The van der Waals surface area contributed by atoms with Crippen LogP contribution in [-0.2, 0) is 13.1 Å². The first kappa shape index (κ1) is 14.9. The average Bonchev–Trinajstić information content (AvgIpc) is 2.49. The van der Waals surface area contributed by atoms with Crippen LogP contribution in [0, 0.1) is 0 Å². The van der Waals surface area contributed by atoms with Gasteiger partial charge in [-0.25, -0.2) is 0 Å². The highest BCUT2D eigenvalue weighted by atomic mass is 79.9. The van der Waals surface area contributed by atoms with Crippen molar-refractivity contribution in [1.82, 2.24) is 5.32 Å². The maximum absolute atomic E-state index is 5.64. The van der Waals surface area contributed by atoms with E-state index in [2.05, 4.69) is 55.4 Å². The van der Waals surface area contributed by atoms with Crippen molar-refractivity contribution < 1.29 is 9.47 Å².